The Morgan fingerprint density at radius 2 is 1.94 bits per heavy atom. The van der Waals surface area contributed by atoms with Gasteiger partial charge in [-0.2, -0.15) is 0 Å². The van der Waals surface area contributed by atoms with Gasteiger partial charge in [-0.3, -0.25) is 4.79 Å². The van der Waals surface area contributed by atoms with E-state index in [0.717, 1.165) is 18.7 Å². The molecule has 0 atom stereocenters. The van der Waals surface area contributed by atoms with Crippen molar-refractivity contribution in [2.24, 2.45) is 0 Å². The largest absolute Gasteiger partial charge is 0.367 e. The summed E-state index contributed by atoms with van der Waals surface area (Å²) in [5.74, 6) is -0.0705. The third kappa shape index (κ3) is 8.06. The monoisotopic (exact) mass is 272 g/mol. The Morgan fingerprint density at radius 3 is 2.61 bits per heavy atom. The molecule has 0 aromatic heterocycles. The van der Waals surface area contributed by atoms with Crippen LogP contribution < -0.4 is 10.6 Å². The second kappa shape index (κ2) is 11.0. The zero-order chi connectivity index (χ0) is 12.3. The lowest BCUT2D eigenvalue weighted by molar-refractivity contribution is -0.126. The Labute approximate surface area is 115 Å². The lowest BCUT2D eigenvalue weighted by Crippen LogP contribution is -2.33. The maximum atomic E-state index is 11.3. The summed E-state index contributed by atoms with van der Waals surface area (Å²) in [5, 5.41) is 5.91. The summed E-state index contributed by atoms with van der Waals surface area (Å²) >= 11 is 0. The predicted octanol–water partition coefficient (Wildman–Crippen LogP) is 1.35. The summed E-state index contributed by atoms with van der Waals surface area (Å²) in [5.41, 5.74) is 1.08. The molecule has 0 fully saturated rings. The summed E-state index contributed by atoms with van der Waals surface area (Å²) in [6, 6.07) is 9.81. The van der Waals surface area contributed by atoms with Crippen LogP contribution in [0.25, 0.3) is 0 Å². The Hall–Kier alpha value is -1.10. The number of nitrogens with one attached hydrogen (secondary N) is 2. The van der Waals surface area contributed by atoms with Crippen LogP contribution >= 0.6 is 12.4 Å². The molecule has 1 aromatic carbocycles. The summed E-state index contributed by atoms with van der Waals surface area (Å²) in [4.78, 5) is 11.3. The van der Waals surface area contributed by atoms with E-state index in [9.17, 15) is 4.79 Å². The zero-order valence-electron chi connectivity index (χ0n) is 10.6. The summed E-state index contributed by atoms with van der Waals surface area (Å²) in [6.45, 7) is 4.97. The summed E-state index contributed by atoms with van der Waals surface area (Å²) in [7, 11) is 0. The summed E-state index contributed by atoms with van der Waals surface area (Å²) < 4.78 is 5.31. The molecule has 1 aromatic rings. The molecule has 0 bridgehead atoms. The lowest BCUT2D eigenvalue weighted by Gasteiger charge is -2.06. The minimum Gasteiger partial charge on any atom is -0.367 e. The van der Waals surface area contributed by atoms with Crippen molar-refractivity contribution in [3.05, 3.63) is 35.9 Å². The van der Waals surface area contributed by atoms with E-state index in [1.165, 1.54) is 0 Å². The van der Waals surface area contributed by atoms with Crippen molar-refractivity contribution >= 4 is 18.3 Å². The maximum absolute atomic E-state index is 11.3. The van der Waals surface area contributed by atoms with Gasteiger partial charge in [-0.05, 0) is 12.1 Å². The number of likely N-dealkylation sites (N-methyl/N-ethyl adjacent to an activating group) is 1. The predicted molar refractivity (Wildman–Crippen MR) is 74.9 cm³/mol. The minimum atomic E-state index is -0.0705. The van der Waals surface area contributed by atoms with E-state index in [2.05, 4.69) is 10.6 Å². The van der Waals surface area contributed by atoms with Crippen LogP contribution in [0.4, 0.5) is 0 Å². The van der Waals surface area contributed by atoms with Crippen LogP contribution in [0.2, 0.25) is 0 Å². The highest BCUT2D eigenvalue weighted by atomic mass is 35.5. The molecule has 4 nitrogen and oxygen atoms in total. The highest BCUT2D eigenvalue weighted by molar-refractivity contribution is 5.85. The molecule has 0 aliphatic rings. The van der Waals surface area contributed by atoms with Crippen LogP contribution in [0.1, 0.15) is 12.5 Å². The molecule has 0 aliphatic carbocycles. The first-order valence-corrected chi connectivity index (χ1v) is 5.92. The van der Waals surface area contributed by atoms with E-state index in [0.29, 0.717) is 13.2 Å². The van der Waals surface area contributed by atoms with Crippen LogP contribution in [0.5, 0.6) is 0 Å². The van der Waals surface area contributed by atoms with E-state index in [1.807, 2.05) is 37.3 Å². The topological polar surface area (TPSA) is 50.4 Å². The number of halogens is 1. The molecule has 0 radical (unpaired) electrons. The van der Waals surface area contributed by atoms with E-state index >= 15 is 0 Å². The first-order chi connectivity index (χ1) is 8.33. The molecule has 2 N–H and O–H groups in total. The molecule has 0 saturated carbocycles. The average Bonchev–Trinajstić information content (AvgIpc) is 2.36. The lowest BCUT2D eigenvalue weighted by atomic mass is 10.2. The Bertz CT molecular complexity index is 320. The van der Waals surface area contributed by atoms with Crippen molar-refractivity contribution in [3.63, 3.8) is 0 Å². The Kier molecular flexibility index (Phi) is 10.3. The molecule has 0 spiro atoms. The van der Waals surface area contributed by atoms with E-state index in [1.54, 1.807) is 0 Å². The minimum absolute atomic E-state index is 0. The Morgan fingerprint density at radius 1 is 1.22 bits per heavy atom. The van der Waals surface area contributed by atoms with Crippen molar-refractivity contribution in [2.75, 3.05) is 26.2 Å². The van der Waals surface area contributed by atoms with Crippen LogP contribution in [0.15, 0.2) is 30.3 Å². The molecular formula is C13H21ClN2O2. The van der Waals surface area contributed by atoms with Crippen molar-refractivity contribution in [1.82, 2.24) is 10.6 Å². The number of ether oxygens (including phenoxy) is 1. The fourth-order valence-corrected chi connectivity index (χ4v) is 1.35. The van der Waals surface area contributed by atoms with Gasteiger partial charge in [0.05, 0.1) is 6.61 Å². The van der Waals surface area contributed by atoms with E-state index in [-0.39, 0.29) is 24.9 Å². The van der Waals surface area contributed by atoms with Gasteiger partial charge >= 0.3 is 0 Å². The summed E-state index contributed by atoms with van der Waals surface area (Å²) in [6.07, 6.45) is 0. The fourth-order valence-electron chi connectivity index (χ4n) is 1.35. The molecule has 18 heavy (non-hydrogen) atoms. The van der Waals surface area contributed by atoms with Gasteiger partial charge in [0.1, 0.15) is 6.61 Å². The van der Waals surface area contributed by atoms with Crippen LogP contribution in [-0.2, 0) is 16.1 Å². The number of hydrogen-bond acceptors (Lipinski definition) is 3. The highest BCUT2D eigenvalue weighted by Gasteiger charge is 2.00. The Balaban J connectivity index is 0.00000289. The molecule has 1 amide bonds. The molecule has 5 heteroatoms. The number of rotatable bonds is 8. The molecule has 0 heterocycles. The number of carbonyl (C=O) groups is 1. The van der Waals surface area contributed by atoms with Crippen molar-refractivity contribution in [3.8, 4) is 0 Å². The van der Waals surface area contributed by atoms with Crippen molar-refractivity contribution in [1.29, 1.82) is 0 Å². The second-order valence-electron chi connectivity index (χ2n) is 3.68. The standard InChI is InChI=1S/C13H20N2O2.ClH/c1-2-14-8-9-15-13(16)11-17-10-12-6-4-3-5-7-12;/h3-7,14H,2,8-11H2,1H3,(H,15,16);1H. The molecular weight excluding hydrogens is 252 g/mol. The van der Waals surface area contributed by atoms with Gasteiger partial charge < -0.3 is 15.4 Å². The first-order valence-electron chi connectivity index (χ1n) is 5.92. The smallest absolute Gasteiger partial charge is 0.246 e. The molecule has 1 rings (SSSR count). The van der Waals surface area contributed by atoms with Crippen LogP contribution in [-0.4, -0.2) is 32.1 Å². The quantitative estimate of drug-likeness (QED) is 0.703. The van der Waals surface area contributed by atoms with Crippen LogP contribution in [0.3, 0.4) is 0 Å². The molecule has 102 valence electrons. The van der Waals surface area contributed by atoms with Gasteiger partial charge in [0.25, 0.3) is 0 Å². The van der Waals surface area contributed by atoms with Gasteiger partial charge in [0.15, 0.2) is 0 Å². The van der Waals surface area contributed by atoms with E-state index in [4.69, 9.17) is 4.74 Å². The van der Waals surface area contributed by atoms with Gasteiger partial charge in [-0.1, -0.05) is 37.3 Å². The van der Waals surface area contributed by atoms with Gasteiger partial charge in [-0.25, -0.2) is 0 Å². The molecule has 0 aliphatic heterocycles. The first kappa shape index (κ1) is 16.9. The third-order valence-corrected chi connectivity index (χ3v) is 2.22. The highest BCUT2D eigenvalue weighted by Crippen LogP contribution is 1.99. The number of amides is 1. The maximum Gasteiger partial charge on any atom is 0.246 e. The van der Waals surface area contributed by atoms with E-state index < -0.39 is 0 Å². The van der Waals surface area contributed by atoms with Crippen molar-refractivity contribution < 1.29 is 9.53 Å². The number of benzene rings is 1. The van der Waals surface area contributed by atoms with Gasteiger partial charge in [0, 0.05) is 13.1 Å². The van der Waals surface area contributed by atoms with Gasteiger partial charge in [-0.15, -0.1) is 12.4 Å². The zero-order valence-corrected chi connectivity index (χ0v) is 11.5. The third-order valence-electron chi connectivity index (χ3n) is 2.22. The molecule has 0 saturated heterocycles. The second-order valence-corrected chi connectivity index (χ2v) is 3.68. The number of carbonyl (C=O) groups excluding carboxylic acids is 1. The SMILES string of the molecule is CCNCCNC(=O)COCc1ccccc1.Cl. The average molecular weight is 273 g/mol. The molecule has 0 unspecified atom stereocenters. The normalized spacial score (nSPS) is 9.61. The fraction of sp³-hybridized carbons (Fsp3) is 0.462. The van der Waals surface area contributed by atoms with Crippen molar-refractivity contribution in [2.45, 2.75) is 13.5 Å². The van der Waals surface area contributed by atoms with Gasteiger partial charge in [0.2, 0.25) is 5.91 Å². The van der Waals surface area contributed by atoms with Crippen LogP contribution in [0, 0.1) is 0 Å². The number of hydrogen-bond donors (Lipinski definition) is 2.